The molecule has 2 aromatic rings. The van der Waals surface area contributed by atoms with Gasteiger partial charge in [0.2, 0.25) is 5.13 Å². The van der Waals surface area contributed by atoms with Crippen LogP contribution < -0.4 is 10.3 Å². The van der Waals surface area contributed by atoms with E-state index < -0.39 is 0 Å². The highest BCUT2D eigenvalue weighted by molar-refractivity contribution is 7.13. The number of benzene rings is 1. The van der Waals surface area contributed by atoms with Gasteiger partial charge in [-0.15, -0.1) is 11.3 Å². The summed E-state index contributed by atoms with van der Waals surface area (Å²) in [5.74, 6) is 0. The van der Waals surface area contributed by atoms with Crippen LogP contribution in [0.25, 0.3) is 0 Å². The molecule has 0 unspecified atom stereocenters. The van der Waals surface area contributed by atoms with Crippen molar-refractivity contribution in [3.8, 4) is 0 Å². The summed E-state index contributed by atoms with van der Waals surface area (Å²) in [6.07, 6.45) is 3.05. The van der Waals surface area contributed by atoms with Gasteiger partial charge in [0.25, 0.3) is 0 Å². The predicted octanol–water partition coefficient (Wildman–Crippen LogP) is 3.04. The number of nitrogens with one attached hydrogen (secondary N) is 1. The van der Waals surface area contributed by atoms with Crippen LogP contribution in [0.4, 0.5) is 10.8 Å². The van der Waals surface area contributed by atoms with Crippen molar-refractivity contribution < 1.29 is 0 Å². The molecule has 0 bridgehead atoms. The molecule has 2 heterocycles. The van der Waals surface area contributed by atoms with E-state index in [2.05, 4.69) is 56.6 Å². The van der Waals surface area contributed by atoms with Crippen molar-refractivity contribution in [1.29, 1.82) is 0 Å². The second-order valence-electron chi connectivity index (χ2n) is 5.90. The van der Waals surface area contributed by atoms with E-state index in [9.17, 15) is 0 Å². The van der Waals surface area contributed by atoms with E-state index in [1.165, 1.54) is 18.7 Å². The van der Waals surface area contributed by atoms with Crippen molar-refractivity contribution in [2.75, 3.05) is 43.6 Å². The van der Waals surface area contributed by atoms with Gasteiger partial charge in [-0.2, -0.15) is 5.10 Å². The Kier molecular flexibility index (Phi) is 5.25. The molecule has 0 spiro atoms. The Labute approximate surface area is 141 Å². The number of nitrogens with zero attached hydrogens (tertiary/aromatic N) is 4. The molecule has 0 amide bonds. The molecular formula is C17H23N5S. The zero-order valence-corrected chi connectivity index (χ0v) is 14.5. The molecular weight excluding hydrogens is 306 g/mol. The molecule has 6 heteroatoms. The fourth-order valence-corrected chi connectivity index (χ4v) is 3.28. The number of aryl methyl sites for hydroxylation is 1. The van der Waals surface area contributed by atoms with Gasteiger partial charge in [0.1, 0.15) is 0 Å². The average Bonchev–Trinajstić information content (AvgIpc) is 2.84. The van der Waals surface area contributed by atoms with E-state index in [-0.39, 0.29) is 0 Å². The second kappa shape index (κ2) is 7.57. The van der Waals surface area contributed by atoms with Crippen LogP contribution in [-0.2, 0) is 0 Å². The van der Waals surface area contributed by atoms with Crippen LogP contribution in [0.1, 0.15) is 17.7 Å². The molecule has 0 aliphatic carbocycles. The SMILES string of the molecule is Cc1csc(NN=Cc2ccc(N3CCCN(C)CC3)cc2)n1. The maximum Gasteiger partial charge on any atom is 0.203 e. The molecule has 122 valence electrons. The van der Waals surface area contributed by atoms with E-state index in [0.717, 1.165) is 36.0 Å². The van der Waals surface area contributed by atoms with E-state index in [1.807, 2.05) is 18.5 Å². The number of likely N-dealkylation sites (N-methyl/N-ethyl adjacent to an activating group) is 1. The van der Waals surface area contributed by atoms with Gasteiger partial charge in [-0.1, -0.05) is 12.1 Å². The smallest absolute Gasteiger partial charge is 0.203 e. The van der Waals surface area contributed by atoms with E-state index in [1.54, 1.807) is 11.3 Å². The van der Waals surface area contributed by atoms with Crippen LogP contribution in [-0.4, -0.2) is 49.3 Å². The Bertz CT molecular complexity index is 649. The van der Waals surface area contributed by atoms with Gasteiger partial charge in [0.15, 0.2) is 0 Å². The van der Waals surface area contributed by atoms with Gasteiger partial charge < -0.3 is 9.80 Å². The summed E-state index contributed by atoms with van der Waals surface area (Å²) in [5, 5.41) is 7.07. The molecule has 3 rings (SSSR count). The first-order valence-corrected chi connectivity index (χ1v) is 8.83. The fraction of sp³-hybridized carbons (Fsp3) is 0.412. The molecule has 23 heavy (non-hydrogen) atoms. The van der Waals surface area contributed by atoms with Crippen molar-refractivity contribution >= 4 is 28.4 Å². The first kappa shape index (κ1) is 16.0. The summed E-state index contributed by atoms with van der Waals surface area (Å²) in [6, 6.07) is 8.59. The van der Waals surface area contributed by atoms with Crippen LogP contribution in [0.3, 0.4) is 0 Å². The van der Waals surface area contributed by atoms with Gasteiger partial charge >= 0.3 is 0 Å². The third-order valence-electron chi connectivity index (χ3n) is 3.97. The van der Waals surface area contributed by atoms with Crippen LogP contribution in [0.15, 0.2) is 34.7 Å². The fourth-order valence-electron chi connectivity index (χ4n) is 2.64. The zero-order chi connectivity index (χ0) is 16.1. The zero-order valence-electron chi connectivity index (χ0n) is 13.7. The molecule has 1 fully saturated rings. The summed E-state index contributed by atoms with van der Waals surface area (Å²) < 4.78 is 0. The number of hydrogen-bond donors (Lipinski definition) is 1. The van der Waals surface area contributed by atoms with Crippen molar-refractivity contribution in [2.45, 2.75) is 13.3 Å². The van der Waals surface area contributed by atoms with E-state index in [0.29, 0.717) is 0 Å². The average molecular weight is 329 g/mol. The third kappa shape index (κ3) is 4.53. The van der Waals surface area contributed by atoms with Crippen molar-refractivity contribution in [2.24, 2.45) is 5.10 Å². The summed E-state index contributed by atoms with van der Waals surface area (Å²) in [4.78, 5) is 9.17. The molecule has 0 atom stereocenters. The highest BCUT2D eigenvalue weighted by atomic mass is 32.1. The Morgan fingerprint density at radius 2 is 2.00 bits per heavy atom. The van der Waals surface area contributed by atoms with Gasteiger partial charge in [0.05, 0.1) is 11.9 Å². The highest BCUT2D eigenvalue weighted by Gasteiger charge is 2.12. The van der Waals surface area contributed by atoms with E-state index >= 15 is 0 Å². The van der Waals surface area contributed by atoms with Gasteiger partial charge in [0, 0.05) is 30.7 Å². The second-order valence-corrected chi connectivity index (χ2v) is 6.76. The third-order valence-corrected chi connectivity index (χ3v) is 4.84. The summed E-state index contributed by atoms with van der Waals surface area (Å²) in [7, 11) is 2.19. The summed E-state index contributed by atoms with van der Waals surface area (Å²) in [5.41, 5.74) is 6.36. The highest BCUT2D eigenvalue weighted by Crippen LogP contribution is 2.17. The molecule has 1 saturated heterocycles. The number of hydrazone groups is 1. The Morgan fingerprint density at radius 3 is 2.74 bits per heavy atom. The van der Waals surface area contributed by atoms with Gasteiger partial charge in [-0.3, -0.25) is 5.43 Å². The number of hydrogen-bond acceptors (Lipinski definition) is 6. The molecule has 1 N–H and O–H groups in total. The molecule has 0 radical (unpaired) electrons. The first-order valence-electron chi connectivity index (χ1n) is 7.95. The van der Waals surface area contributed by atoms with E-state index in [4.69, 9.17) is 0 Å². The standard InChI is InChI=1S/C17H23N5S/c1-14-13-23-17(19-14)20-18-12-15-4-6-16(7-5-15)22-9-3-8-21(2)10-11-22/h4-7,12-13H,3,8-11H2,1-2H3,(H,19,20). The Hall–Kier alpha value is -1.92. The maximum absolute atomic E-state index is 4.32. The number of aromatic nitrogens is 1. The van der Waals surface area contributed by atoms with Gasteiger partial charge in [-0.25, -0.2) is 4.98 Å². The molecule has 0 saturated carbocycles. The van der Waals surface area contributed by atoms with Crippen LogP contribution in [0.2, 0.25) is 0 Å². The largest absolute Gasteiger partial charge is 0.370 e. The molecule has 5 nitrogen and oxygen atoms in total. The Balaban J connectivity index is 1.58. The van der Waals surface area contributed by atoms with Crippen molar-refractivity contribution in [3.05, 3.63) is 40.9 Å². The summed E-state index contributed by atoms with van der Waals surface area (Å²) in [6.45, 7) is 6.51. The van der Waals surface area contributed by atoms with Crippen molar-refractivity contribution in [3.63, 3.8) is 0 Å². The lowest BCUT2D eigenvalue weighted by Gasteiger charge is -2.22. The molecule has 1 aromatic carbocycles. The molecule has 1 aromatic heterocycles. The quantitative estimate of drug-likeness (QED) is 0.692. The lowest BCUT2D eigenvalue weighted by molar-refractivity contribution is 0.360. The number of rotatable bonds is 4. The topological polar surface area (TPSA) is 43.8 Å². The van der Waals surface area contributed by atoms with Gasteiger partial charge in [-0.05, 0) is 44.6 Å². The number of thiazole rings is 1. The minimum atomic E-state index is 0.823. The summed E-state index contributed by atoms with van der Waals surface area (Å²) >= 11 is 1.56. The van der Waals surface area contributed by atoms with Crippen LogP contribution in [0.5, 0.6) is 0 Å². The normalized spacial score (nSPS) is 16.7. The lowest BCUT2D eigenvalue weighted by Crippen LogP contribution is -2.28. The first-order chi connectivity index (χ1) is 11.2. The minimum Gasteiger partial charge on any atom is -0.370 e. The van der Waals surface area contributed by atoms with Crippen molar-refractivity contribution in [1.82, 2.24) is 9.88 Å². The molecule has 1 aliphatic heterocycles. The predicted molar refractivity (Wildman–Crippen MR) is 98.8 cm³/mol. The maximum atomic E-state index is 4.32. The minimum absolute atomic E-state index is 0.823. The molecule has 1 aliphatic rings. The number of anilines is 2. The van der Waals surface area contributed by atoms with Crippen LogP contribution in [0, 0.1) is 6.92 Å². The Morgan fingerprint density at radius 1 is 1.17 bits per heavy atom. The van der Waals surface area contributed by atoms with Crippen LogP contribution >= 0.6 is 11.3 Å². The lowest BCUT2D eigenvalue weighted by atomic mass is 10.2. The monoisotopic (exact) mass is 329 g/mol.